The van der Waals surface area contributed by atoms with Gasteiger partial charge >= 0.3 is 5.97 Å². The minimum Gasteiger partial charge on any atom is -0.465 e. The molecular formula is C56H111N5O11S. The summed E-state index contributed by atoms with van der Waals surface area (Å²) in [6.45, 7) is 39.2. The number of hydrogen-bond acceptors (Lipinski definition) is 16. The summed E-state index contributed by atoms with van der Waals surface area (Å²) in [6, 6.07) is 4.44. The van der Waals surface area contributed by atoms with Crippen LogP contribution in [0.4, 0.5) is 5.82 Å². The number of pyridine rings is 1. The summed E-state index contributed by atoms with van der Waals surface area (Å²) in [6.07, 6.45) is 6.19. The molecule has 2 aromatic rings. The topological polar surface area (TPSA) is 208 Å². The summed E-state index contributed by atoms with van der Waals surface area (Å²) >= 11 is 1.60. The fourth-order valence-corrected chi connectivity index (χ4v) is 5.71. The number of esters is 1. The van der Waals surface area contributed by atoms with Crippen LogP contribution in [0.5, 0.6) is 0 Å². The van der Waals surface area contributed by atoms with Crippen LogP contribution in [-0.2, 0) is 49.5 Å². The van der Waals surface area contributed by atoms with E-state index in [0.717, 1.165) is 53.5 Å². The van der Waals surface area contributed by atoms with Gasteiger partial charge in [-0.1, -0.05) is 105 Å². The summed E-state index contributed by atoms with van der Waals surface area (Å²) in [5, 5.41) is 22.2. The average molecular weight is 1060 g/mol. The maximum atomic E-state index is 12.1. The maximum absolute atomic E-state index is 12.1. The number of anilines is 1. The first-order valence-electron chi connectivity index (χ1n) is 24.8. The van der Waals surface area contributed by atoms with E-state index in [1.54, 1.807) is 45.6 Å². The molecule has 0 bridgehead atoms. The first-order chi connectivity index (χ1) is 33.4. The molecule has 2 aromatic heterocycles. The van der Waals surface area contributed by atoms with Gasteiger partial charge in [-0.3, -0.25) is 19.4 Å². The van der Waals surface area contributed by atoms with Gasteiger partial charge in [0, 0.05) is 77.0 Å². The van der Waals surface area contributed by atoms with Crippen LogP contribution in [0.25, 0.3) is 10.6 Å². The van der Waals surface area contributed by atoms with Gasteiger partial charge in [0.2, 0.25) is 5.91 Å². The number of aliphatic hydroxyl groups is 2. The molecule has 1 saturated heterocycles. The molecule has 1 aliphatic rings. The fraction of sp³-hybridized carbons (Fsp3) is 0.732. The summed E-state index contributed by atoms with van der Waals surface area (Å²) < 4.78 is 26.1. The summed E-state index contributed by atoms with van der Waals surface area (Å²) in [7, 11) is 10.2. The van der Waals surface area contributed by atoms with Gasteiger partial charge in [0.15, 0.2) is 6.29 Å². The minimum atomic E-state index is -0.729. The minimum absolute atomic E-state index is 0. The molecule has 0 aromatic carbocycles. The van der Waals surface area contributed by atoms with E-state index in [0.29, 0.717) is 51.2 Å². The Labute approximate surface area is 450 Å². The normalized spacial score (nSPS) is 14.5. The number of thiazole rings is 1. The molecule has 3 N–H and O–H groups in total. The number of carbonyl (C=O) groups excluding carboxylic acids is 4. The quantitative estimate of drug-likeness (QED) is 0.0517. The number of carbonyl (C=O) groups is 4. The van der Waals surface area contributed by atoms with Crippen LogP contribution in [0, 0.1) is 23.7 Å². The van der Waals surface area contributed by atoms with Crippen LogP contribution in [0.15, 0.2) is 40.9 Å². The molecule has 16 nitrogen and oxygen atoms in total. The number of nitrogens with zero attached hydrogens (tertiary/aromatic N) is 4. The number of hydrogen-bond donors (Lipinski definition) is 3. The summed E-state index contributed by atoms with van der Waals surface area (Å²) in [5.41, 5.74) is 2.34. The van der Waals surface area contributed by atoms with Crippen molar-refractivity contribution in [1.82, 2.24) is 14.9 Å². The Bertz CT molecular complexity index is 1570. The van der Waals surface area contributed by atoms with E-state index in [1.165, 1.54) is 0 Å². The second-order valence-corrected chi connectivity index (χ2v) is 18.6. The molecule has 17 heteroatoms. The number of ketones is 1. The van der Waals surface area contributed by atoms with Crippen LogP contribution >= 0.6 is 11.3 Å². The standard InChI is InChI=1S/C18H32O5.C11H13N3OS.C8H17NO2.C7H13NO.C4H10.2C2H6.CH4O.CH2O.2CH4/c1-13(2)10-22-17(20)15(4)16(19)8-9-18(5,6)23-12-14(3)11-21-7;1-12-10-7-16-11(14-10)8-3-4-9(6-15-2)13-5-8;1-6-4-7(9(2)3)5-8(10)11-6;1-4-7(9)8-5-6(2)3;1-4(2)3;4*1-2;;/h13,15H,3,8-12H2,1-2,4-7H3;3-5,7,12H,6H2,1-2H3;6-8,10H,4-5H2,1-3H3;5-6H,4H2,1-3H3;4H,1-3H3;2*1-2H3;2H,1H3;1H2;2*1H4. The lowest BCUT2D eigenvalue weighted by atomic mass is 9.95. The van der Waals surface area contributed by atoms with Gasteiger partial charge < -0.3 is 48.9 Å². The molecular weight excluding hydrogens is 951 g/mol. The third-order valence-corrected chi connectivity index (χ3v) is 9.42. The Hall–Kier alpha value is -3.81. The van der Waals surface area contributed by atoms with E-state index in [4.69, 9.17) is 33.6 Å². The smallest absolute Gasteiger partial charge is 0.316 e. The molecule has 432 valence electrons. The molecule has 0 saturated carbocycles. The first-order valence-corrected chi connectivity index (χ1v) is 25.7. The molecule has 0 aliphatic carbocycles. The van der Waals surface area contributed by atoms with Crippen molar-refractivity contribution in [2.24, 2.45) is 28.7 Å². The van der Waals surface area contributed by atoms with E-state index < -0.39 is 23.8 Å². The highest BCUT2D eigenvalue weighted by atomic mass is 32.1. The van der Waals surface area contributed by atoms with Crippen molar-refractivity contribution in [2.45, 2.75) is 188 Å². The Kier molecular flexibility index (Phi) is 65.8. The lowest BCUT2D eigenvalue weighted by Crippen LogP contribution is -2.41. The number of aliphatic hydroxyl groups excluding tert-OH is 2. The van der Waals surface area contributed by atoms with Crippen LogP contribution in [0.1, 0.15) is 163 Å². The molecule has 3 rings (SSSR count). The van der Waals surface area contributed by atoms with Crippen LogP contribution in [-0.4, -0.2) is 142 Å². The zero-order chi connectivity index (χ0) is 56.7. The van der Waals surface area contributed by atoms with Crippen molar-refractivity contribution >= 4 is 47.8 Å². The third kappa shape index (κ3) is 52.8. The van der Waals surface area contributed by atoms with Gasteiger partial charge in [-0.15, -0.1) is 11.3 Å². The number of methoxy groups -OCH3 is 2. The average Bonchev–Trinajstić information content (AvgIpc) is 3.84. The number of Topliss-reactive ketones (excluding diaryl/α,β-unsaturated/α-hetero) is 1. The Morgan fingerprint density at radius 3 is 1.92 bits per heavy atom. The number of aliphatic imine (C=N–C) groups is 1. The summed E-state index contributed by atoms with van der Waals surface area (Å²) in [5.74, 6) is 1.02. The van der Waals surface area contributed by atoms with E-state index >= 15 is 0 Å². The molecule has 1 amide bonds. The van der Waals surface area contributed by atoms with Crippen molar-refractivity contribution < 1.29 is 53.1 Å². The predicted octanol–water partition coefficient (Wildman–Crippen LogP) is 12.1. The monoisotopic (exact) mass is 1060 g/mol. The highest BCUT2D eigenvalue weighted by Crippen LogP contribution is 2.25. The lowest BCUT2D eigenvalue weighted by Gasteiger charge is -2.34. The molecule has 3 heterocycles. The Morgan fingerprint density at radius 2 is 1.52 bits per heavy atom. The molecule has 73 heavy (non-hydrogen) atoms. The number of ether oxygens (including phenoxy) is 5. The van der Waals surface area contributed by atoms with Crippen molar-refractivity contribution in [3.63, 3.8) is 0 Å². The fourth-order valence-electron chi connectivity index (χ4n) is 4.90. The third-order valence-electron chi connectivity index (χ3n) is 8.53. The molecule has 0 radical (unpaired) electrons. The molecule has 1 aliphatic heterocycles. The predicted molar refractivity (Wildman–Crippen MR) is 310 cm³/mol. The first kappa shape index (κ1) is 85.9. The maximum Gasteiger partial charge on any atom is 0.316 e. The highest BCUT2D eigenvalue weighted by molar-refractivity contribution is 7.13. The van der Waals surface area contributed by atoms with Gasteiger partial charge in [-0.2, -0.15) is 0 Å². The lowest BCUT2D eigenvalue weighted by molar-refractivity contribution is -0.172. The van der Waals surface area contributed by atoms with Crippen LogP contribution < -0.4 is 5.32 Å². The second-order valence-electron chi connectivity index (χ2n) is 17.7. The van der Waals surface area contributed by atoms with Crippen molar-refractivity contribution in [1.29, 1.82) is 0 Å². The molecule has 4 atom stereocenters. The largest absolute Gasteiger partial charge is 0.465 e. The zero-order valence-electron chi connectivity index (χ0n) is 48.5. The second kappa shape index (κ2) is 55.9. The van der Waals surface area contributed by atoms with Gasteiger partial charge in [-0.25, -0.2) is 9.98 Å². The SMILES string of the molecule is C.C.C=C(COC)COC(C)(C)CCC(=O)C(C)C(=O)OCC(C)C.C=O.CC.CC.CC(C)C.CC1CC(N(C)C)CC(O)O1.CCC(=O)N=CC(C)C.CNc1csc(-c2ccc(COC)nc2)n1.CO. The van der Waals surface area contributed by atoms with Crippen LogP contribution in [0.2, 0.25) is 0 Å². The van der Waals surface area contributed by atoms with Gasteiger partial charge in [0.05, 0.1) is 43.8 Å². The number of aromatic nitrogens is 2. The number of rotatable bonds is 19. The molecule has 1 fully saturated rings. The van der Waals surface area contributed by atoms with Gasteiger partial charge in [0.25, 0.3) is 0 Å². The number of amides is 1. The number of nitrogens with one attached hydrogen (secondary N) is 1. The Balaban J connectivity index is -0.000000124. The summed E-state index contributed by atoms with van der Waals surface area (Å²) in [4.78, 5) is 57.0. The van der Waals surface area contributed by atoms with E-state index in [2.05, 4.69) is 52.5 Å². The van der Waals surface area contributed by atoms with E-state index in [1.807, 2.05) is 128 Å². The van der Waals surface area contributed by atoms with Crippen molar-refractivity contribution in [3.05, 3.63) is 41.6 Å². The van der Waals surface area contributed by atoms with Crippen LogP contribution in [0.3, 0.4) is 0 Å². The van der Waals surface area contributed by atoms with Gasteiger partial charge in [-0.05, 0) is 90.1 Å². The molecule has 4 unspecified atom stereocenters. The van der Waals surface area contributed by atoms with Crippen molar-refractivity contribution in [2.75, 3.05) is 67.6 Å². The Morgan fingerprint density at radius 1 is 0.973 bits per heavy atom. The van der Waals surface area contributed by atoms with Gasteiger partial charge in [0.1, 0.15) is 29.3 Å². The van der Waals surface area contributed by atoms with E-state index in [9.17, 15) is 19.5 Å². The zero-order valence-corrected chi connectivity index (χ0v) is 49.3. The van der Waals surface area contributed by atoms with E-state index in [-0.39, 0.29) is 45.0 Å². The van der Waals surface area contributed by atoms with Crippen molar-refractivity contribution in [3.8, 4) is 10.6 Å². The molecule has 0 spiro atoms. The highest BCUT2D eigenvalue weighted by Gasteiger charge is 2.28.